The second-order valence-electron chi connectivity index (χ2n) is 5.02. The van der Waals surface area contributed by atoms with Crippen LogP contribution in [0.5, 0.6) is 0 Å². The van der Waals surface area contributed by atoms with Gasteiger partial charge in [0.05, 0.1) is 18.8 Å². The van der Waals surface area contributed by atoms with Crippen LogP contribution in [0, 0.1) is 5.92 Å². The van der Waals surface area contributed by atoms with E-state index in [0.29, 0.717) is 19.1 Å². The van der Waals surface area contributed by atoms with Crippen LogP contribution in [0.2, 0.25) is 0 Å². The SMILES string of the molecule is CCC(C)C1(O)CCC2(CC1)OCCO2. The third-order valence-corrected chi connectivity index (χ3v) is 4.22. The van der Waals surface area contributed by atoms with Crippen molar-refractivity contribution in [3.63, 3.8) is 0 Å². The van der Waals surface area contributed by atoms with Crippen molar-refractivity contribution in [2.45, 2.75) is 57.3 Å². The summed E-state index contributed by atoms with van der Waals surface area (Å²) in [5.41, 5.74) is -0.491. The first-order valence-electron chi connectivity index (χ1n) is 6.10. The van der Waals surface area contributed by atoms with Crippen molar-refractivity contribution >= 4 is 0 Å². The predicted octanol–water partition coefficient (Wildman–Crippen LogP) is 2.08. The van der Waals surface area contributed by atoms with E-state index in [1.807, 2.05) is 0 Å². The molecule has 0 radical (unpaired) electrons. The van der Waals surface area contributed by atoms with Crippen molar-refractivity contribution in [2.24, 2.45) is 5.92 Å². The van der Waals surface area contributed by atoms with E-state index in [2.05, 4.69) is 13.8 Å². The van der Waals surface area contributed by atoms with Crippen LogP contribution < -0.4 is 0 Å². The summed E-state index contributed by atoms with van der Waals surface area (Å²) in [6, 6.07) is 0. The first-order valence-corrected chi connectivity index (χ1v) is 6.10. The molecule has 0 bridgehead atoms. The fourth-order valence-corrected chi connectivity index (χ4v) is 2.72. The van der Waals surface area contributed by atoms with E-state index in [1.54, 1.807) is 0 Å². The summed E-state index contributed by atoms with van der Waals surface area (Å²) < 4.78 is 11.3. The zero-order valence-electron chi connectivity index (χ0n) is 9.79. The highest BCUT2D eigenvalue weighted by molar-refractivity contribution is 4.93. The minimum atomic E-state index is -0.491. The van der Waals surface area contributed by atoms with Crippen molar-refractivity contribution < 1.29 is 14.6 Å². The minimum Gasteiger partial charge on any atom is -0.390 e. The average Bonchev–Trinajstić information content (AvgIpc) is 2.71. The van der Waals surface area contributed by atoms with Crippen molar-refractivity contribution in [1.82, 2.24) is 0 Å². The molecule has 0 amide bonds. The summed E-state index contributed by atoms with van der Waals surface area (Å²) >= 11 is 0. The van der Waals surface area contributed by atoms with E-state index in [-0.39, 0.29) is 5.79 Å². The molecule has 15 heavy (non-hydrogen) atoms. The van der Waals surface area contributed by atoms with E-state index in [1.165, 1.54) is 0 Å². The van der Waals surface area contributed by atoms with E-state index in [0.717, 1.165) is 32.1 Å². The number of hydrogen-bond acceptors (Lipinski definition) is 3. The summed E-state index contributed by atoms with van der Waals surface area (Å²) in [6.07, 6.45) is 4.33. The monoisotopic (exact) mass is 214 g/mol. The second-order valence-corrected chi connectivity index (χ2v) is 5.02. The van der Waals surface area contributed by atoms with Crippen LogP contribution >= 0.6 is 0 Å². The molecule has 3 heteroatoms. The van der Waals surface area contributed by atoms with Gasteiger partial charge in [-0.1, -0.05) is 20.3 Å². The van der Waals surface area contributed by atoms with E-state index >= 15 is 0 Å². The lowest BCUT2D eigenvalue weighted by Gasteiger charge is -2.43. The molecule has 2 fully saturated rings. The van der Waals surface area contributed by atoms with Crippen LogP contribution in [0.15, 0.2) is 0 Å². The van der Waals surface area contributed by atoms with Crippen LogP contribution in [-0.2, 0) is 9.47 Å². The minimum absolute atomic E-state index is 0.348. The lowest BCUT2D eigenvalue weighted by Crippen LogP contribution is -2.46. The number of ether oxygens (including phenoxy) is 2. The Kier molecular flexibility index (Phi) is 3.06. The molecule has 1 spiro atoms. The lowest BCUT2D eigenvalue weighted by atomic mass is 9.73. The second kappa shape index (κ2) is 4.04. The standard InChI is InChI=1S/C12H22O3/c1-3-10(2)11(13)4-6-12(7-5-11)14-8-9-15-12/h10,13H,3-9H2,1-2H3. The summed E-state index contributed by atoms with van der Waals surface area (Å²) in [5, 5.41) is 10.5. The quantitative estimate of drug-likeness (QED) is 0.765. The predicted molar refractivity (Wildman–Crippen MR) is 57.5 cm³/mol. The van der Waals surface area contributed by atoms with Gasteiger partial charge in [0.1, 0.15) is 0 Å². The smallest absolute Gasteiger partial charge is 0.168 e. The molecule has 1 aliphatic heterocycles. The summed E-state index contributed by atoms with van der Waals surface area (Å²) in [7, 11) is 0. The molecule has 2 aliphatic rings. The average molecular weight is 214 g/mol. The van der Waals surface area contributed by atoms with Gasteiger partial charge >= 0.3 is 0 Å². The van der Waals surface area contributed by atoms with Gasteiger partial charge in [0.2, 0.25) is 0 Å². The van der Waals surface area contributed by atoms with Crippen LogP contribution in [-0.4, -0.2) is 29.7 Å². The maximum atomic E-state index is 10.5. The Labute approximate surface area is 91.8 Å². The highest BCUT2D eigenvalue weighted by Gasteiger charge is 2.46. The number of rotatable bonds is 2. The maximum Gasteiger partial charge on any atom is 0.168 e. The molecular formula is C12H22O3. The maximum absolute atomic E-state index is 10.5. The molecule has 1 saturated carbocycles. The van der Waals surface area contributed by atoms with E-state index in [9.17, 15) is 5.11 Å². The molecular weight excluding hydrogens is 192 g/mol. The first-order chi connectivity index (χ1) is 7.10. The van der Waals surface area contributed by atoms with Crippen molar-refractivity contribution in [3.05, 3.63) is 0 Å². The molecule has 0 aromatic rings. The fourth-order valence-electron chi connectivity index (χ4n) is 2.72. The largest absolute Gasteiger partial charge is 0.390 e. The lowest BCUT2D eigenvalue weighted by molar-refractivity contribution is -0.209. The zero-order chi connectivity index (χ0) is 10.9. The van der Waals surface area contributed by atoms with Crippen LogP contribution in [0.25, 0.3) is 0 Å². The Morgan fingerprint density at radius 3 is 2.13 bits per heavy atom. The van der Waals surface area contributed by atoms with Crippen LogP contribution in [0.3, 0.4) is 0 Å². The van der Waals surface area contributed by atoms with Gasteiger partial charge in [-0.05, 0) is 18.8 Å². The summed E-state index contributed by atoms with van der Waals surface area (Å²) in [6.45, 7) is 5.69. The van der Waals surface area contributed by atoms with Gasteiger partial charge in [-0.3, -0.25) is 0 Å². The Bertz CT molecular complexity index is 211. The number of hydrogen-bond donors (Lipinski definition) is 1. The first kappa shape index (κ1) is 11.4. The summed E-state index contributed by atoms with van der Waals surface area (Å²) in [5.74, 6) is 0.0240. The summed E-state index contributed by atoms with van der Waals surface area (Å²) in [4.78, 5) is 0. The Morgan fingerprint density at radius 2 is 1.67 bits per heavy atom. The fraction of sp³-hybridized carbons (Fsp3) is 1.00. The van der Waals surface area contributed by atoms with E-state index in [4.69, 9.17) is 9.47 Å². The Morgan fingerprint density at radius 1 is 1.13 bits per heavy atom. The Balaban J connectivity index is 1.96. The molecule has 1 N–H and O–H groups in total. The van der Waals surface area contributed by atoms with Gasteiger partial charge in [0.25, 0.3) is 0 Å². The van der Waals surface area contributed by atoms with Gasteiger partial charge in [0, 0.05) is 12.8 Å². The molecule has 1 atom stereocenters. The molecule has 1 unspecified atom stereocenters. The zero-order valence-corrected chi connectivity index (χ0v) is 9.79. The van der Waals surface area contributed by atoms with Crippen molar-refractivity contribution in [2.75, 3.05) is 13.2 Å². The topological polar surface area (TPSA) is 38.7 Å². The van der Waals surface area contributed by atoms with Crippen LogP contribution in [0.1, 0.15) is 46.0 Å². The van der Waals surface area contributed by atoms with Gasteiger partial charge in [0.15, 0.2) is 5.79 Å². The molecule has 1 saturated heterocycles. The molecule has 1 aliphatic carbocycles. The number of aliphatic hydroxyl groups is 1. The van der Waals surface area contributed by atoms with Crippen molar-refractivity contribution in [1.29, 1.82) is 0 Å². The normalized spacial score (nSPS) is 30.6. The molecule has 3 nitrogen and oxygen atoms in total. The molecule has 0 aromatic carbocycles. The van der Waals surface area contributed by atoms with Crippen molar-refractivity contribution in [3.8, 4) is 0 Å². The van der Waals surface area contributed by atoms with E-state index < -0.39 is 5.60 Å². The highest BCUT2D eigenvalue weighted by Crippen LogP contribution is 2.43. The van der Waals surface area contributed by atoms with Crippen LogP contribution in [0.4, 0.5) is 0 Å². The van der Waals surface area contributed by atoms with Gasteiger partial charge in [-0.25, -0.2) is 0 Å². The highest BCUT2D eigenvalue weighted by atomic mass is 16.7. The van der Waals surface area contributed by atoms with Gasteiger partial charge in [-0.15, -0.1) is 0 Å². The molecule has 0 aromatic heterocycles. The van der Waals surface area contributed by atoms with Gasteiger partial charge in [-0.2, -0.15) is 0 Å². The molecule has 1 heterocycles. The molecule has 2 rings (SSSR count). The van der Waals surface area contributed by atoms with Gasteiger partial charge < -0.3 is 14.6 Å². The third-order valence-electron chi connectivity index (χ3n) is 4.22. The molecule has 88 valence electrons. The third kappa shape index (κ3) is 2.05. The Hall–Kier alpha value is -0.120.